The van der Waals surface area contributed by atoms with Crippen molar-refractivity contribution in [3.8, 4) is 0 Å². The second kappa shape index (κ2) is 5.07. The minimum atomic E-state index is -0.0432. The van der Waals surface area contributed by atoms with Gasteiger partial charge >= 0.3 is 0 Å². The SMILES string of the molecule is C[C@@H]1c2nc(C3CC3)nn2CCN1C(=O)C[C@H]1CCC(=O)N1. The van der Waals surface area contributed by atoms with Crippen LogP contribution in [0, 0.1) is 0 Å². The second-order valence-electron chi connectivity index (χ2n) is 6.60. The number of hydrogen-bond donors (Lipinski definition) is 1. The Bertz CT molecular complexity index is 621. The van der Waals surface area contributed by atoms with Crippen LogP contribution in [0.3, 0.4) is 0 Å². The Morgan fingerprint density at radius 2 is 2.14 bits per heavy atom. The predicted molar refractivity (Wildman–Crippen MR) is 77.9 cm³/mol. The monoisotopic (exact) mass is 303 g/mol. The highest BCUT2D eigenvalue weighted by molar-refractivity contribution is 5.82. The molecule has 1 N–H and O–H groups in total. The number of nitrogens with zero attached hydrogens (tertiary/aromatic N) is 4. The van der Waals surface area contributed by atoms with Crippen LogP contribution in [-0.2, 0) is 16.1 Å². The summed E-state index contributed by atoms with van der Waals surface area (Å²) in [5, 5.41) is 7.45. The summed E-state index contributed by atoms with van der Waals surface area (Å²) in [7, 11) is 0. The van der Waals surface area contributed by atoms with E-state index in [4.69, 9.17) is 0 Å². The van der Waals surface area contributed by atoms with E-state index in [-0.39, 0.29) is 23.9 Å². The number of carbonyl (C=O) groups excluding carboxylic acids is 2. The molecule has 2 amide bonds. The van der Waals surface area contributed by atoms with Gasteiger partial charge in [-0.2, -0.15) is 5.10 Å². The highest BCUT2D eigenvalue weighted by Crippen LogP contribution is 2.39. The Balaban J connectivity index is 1.46. The van der Waals surface area contributed by atoms with Gasteiger partial charge in [-0.3, -0.25) is 9.59 Å². The summed E-state index contributed by atoms with van der Waals surface area (Å²) in [5.74, 6) is 2.53. The van der Waals surface area contributed by atoms with Gasteiger partial charge in [0.1, 0.15) is 5.82 Å². The lowest BCUT2D eigenvalue weighted by Gasteiger charge is -2.33. The number of rotatable bonds is 3. The minimum Gasteiger partial charge on any atom is -0.353 e. The van der Waals surface area contributed by atoms with E-state index in [0.29, 0.717) is 31.8 Å². The Kier molecular flexibility index (Phi) is 3.16. The topological polar surface area (TPSA) is 80.1 Å². The maximum atomic E-state index is 12.6. The van der Waals surface area contributed by atoms with Crippen LogP contribution in [0.4, 0.5) is 0 Å². The van der Waals surface area contributed by atoms with E-state index in [9.17, 15) is 9.59 Å². The third-order valence-electron chi connectivity index (χ3n) is 4.88. The summed E-state index contributed by atoms with van der Waals surface area (Å²) < 4.78 is 1.96. The largest absolute Gasteiger partial charge is 0.353 e. The molecular weight excluding hydrogens is 282 g/mol. The molecule has 1 aromatic heterocycles. The van der Waals surface area contributed by atoms with E-state index in [1.165, 1.54) is 12.8 Å². The smallest absolute Gasteiger partial charge is 0.225 e. The third-order valence-corrected chi connectivity index (χ3v) is 4.88. The first-order valence-corrected chi connectivity index (χ1v) is 8.15. The fourth-order valence-corrected chi connectivity index (χ4v) is 3.40. The van der Waals surface area contributed by atoms with Gasteiger partial charge in [-0.05, 0) is 26.2 Å². The predicted octanol–water partition coefficient (Wildman–Crippen LogP) is 0.727. The molecule has 22 heavy (non-hydrogen) atoms. The number of carbonyl (C=O) groups is 2. The molecule has 118 valence electrons. The van der Waals surface area contributed by atoms with Crippen LogP contribution < -0.4 is 5.32 Å². The van der Waals surface area contributed by atoms with Crippen molar-refractivity contribution in [3.05, 3.63) is 11.6 Å². The fourth-order valence-electron chi connectivity index (χ4n) is 3.40. The Morgan fingerprint density at radius 1 is 1.32 bits per heavy atom. The summed E-state index contributed by atoms with van der Waals surface area (Å²) in [6, 6.07) is -0.0487. The molecule has 3 aliphatic rings. The molecule has 0 aromatic carbocycles. The van der Waals surface area contributed by atoms with Gasteiger partial charge in [-0.25, -0.2) is 9.67 Å². The lowest BCUT2D eigenvalue weighted by Crippen LogP contribution is -2.43. The molecule has 7 heteroatoms. The van der Waals surface area contributed by atoms with Crippen molar-refractivity contribution in [2.45, 2.75) is 63.6 Å². The molecule has 1 aromatic rings. The molecule has 0 bridgehead atoms. The number of fused-ring (bicyclic) bond motifs is 1. The van der Waals surface area contributed by atoms with Crippen molar-refractivity contribution in [2.24, 2.45) is 0 Å². The van der Waals surface area contributed by atoms with Crippen LogP contribution in [0.25, 0.3) is 0 Å². The van der Waals surface area contributed by atoms with Crippen molar-refractivity contribution in [1.82, 2.24) is 25.0 Å². The molecule has 1 saturated heterocycles. The molecule has 1 aliphatic carbocycles. The molecule has 7 nitrogen and oxygen atoms in total. The molecule has 0 spiro atoms. The van der Waals surface area contributed by atoms with E-state index >= 15 is 0 Å². The second-order valence-corrected chi connectivity index (χ2v) is 6.60. The summed E-state index contributed by atoms with van der Waals surface area (Å²) >= 11 is 0. The molecule has 2 aliphatic heterocycles. The summed E-state index contributed by atoms with van der Waals surface area (Å²) in [6.45, 7) is 3.39. The molecule has 2 fully saturated rings. The van der Waals surface area contributed by atoms with Crippen LogP contribution in [0.5, 0.6) is 0 Å². The fraction of sp³-hybridized carbons (Fsp3) is 0.733. The molecule has 0 radical (unpaired) electrons. The maximum Gasteiger partial charge on any atom is 0.225 e. The first kappa shape index (κ1) is 13.7. The molecule has 2 atom stereocenters. The zero-order chi connectivity index (χ0) is 15.3. The third kappa shape index (κ3) is 2.38. The quantitative estimate of drug-likeness (QED) is 0.892. The summed E-state index contributed by atoms with van der Waals surface area (Å²) in [5.41, 5.74) is 0. The van der Waals surface area contributed by atoms with Crippen LogP contribution in [0.1, 0.15) is 62.6 Å². The maximum absolute atomic E-state index is 12.6. The van der Waals surface area contributed by atoms with Gasteiger partial charge in [-0.15, -0.1) is 0 Å². The van der Waals surface area contributed by atoms with Gasteiger partial charge in [0.15, 0.2) is 5.82 Å². The number of amides is 2. The van der Waals surface area contributed by atoms with Crippen LogP contribution in [0.15, 0.2) is 0 Å². The van der Waals surface area contributed by atoms with E-state index in [2.05, 4.69) is 15.4 Å². The average molecular weight is 303 g/mol. The van der Waals surface area contributed by atoms with Gasteiger partial charge in [0.05, 0.1) is 12.6 Å². The molecule has 4 rings (SSSR count). The molecule has 1 saturated carbocycles. The van der Waals surface area contributed by atoms with Crippen molar-refractivity contribution < 1.29 is 9.59 Å². The van der Waals surface area contributed by atoms with Gasteiger partial charge < -0.3 is 10.2 Å². The zero-order valence-electron chi connectivity index (χ0n) is 12.8. The van der Waals surface area contributed by atoms with Crippen LogP contribution in [0.2, 0.25) is 0 Å². The number of aromatic nitrogens is 3. The molecule has 0 unspecified atom stereocenters. The summed E-state index contributed by atoms with van der Waals surface area (Å²) in [4.78, 5) is 30.3. The van der Waals surface area contributed by atoms with Crippen molar-refractivity contribution in [3.63, 3.8) is 0 Å². The van der Waals surface area contributed by atoms with E-state index in [0.717, 1.165) is 18.1 Å². The number of hydrogen-bond acceptors (Lipinski definition) is 4. The summed E-state index contributed by atoms with van der Waals surface area (Å²) in [6.07, 6.45) is 4.05. The van der Waals surface area contributed by atoms with E-state index in [1.807, 2.05) is 16.5 Å². The van der Waals surface area contributed by atoms with Gasteiger partial charge in [0.25, 0.3) is 0 Å². The Morgan fingerprint density at radius 3 is 2.82 bits per heavy atom. The van der Waals surface area contributed by atoms with Crippen molar-refractivity contribution in [1.29, 1.82) is 0 Å². The Labute approximate surface area is 129 Å². The average Bonchev–Trinajstić information content (AvgIpc) is 3.12. The van der Waals surface area contributed by atoms with Crippen LogP contribution >= 0.6 is 0 Å². The standard InChI is InChI=1S/C15H21N5O2/c1-9-15-17-14(10-2-3-10)18-20(15)7-6-19(9)13(22)8-11-4-5-12(21)16-11/h9-11H,2-8H2,1H3,(H,16,21)/t9-,11-/m1/s1. The number of nitrogens with one attached hydrogen (secondary N) is 1. The molecule has 3 heterocycles. The van der Waals surface area contributed by atoms with Crippen molar-refractivity contribution in [2.75, 3.05) is 6.54 Å². The first-order chi connectivity index (χ1) is 10.6. The minimum absolute atomic E-state index is 0.00554. The first-order valence-electron chi connectivity index (χ1n) is 8.15. The molecular formula is C15H21N5O2. The van der Waals surface area contributed by atoms with E-state index < -0.39 is 0 Å². The van der Waals surface area contributed by atoms with Gasteiger partial charge in [0, 0.05) is 31.3 Å². The van der Waals surface area contributed by atoms with Gasteiger partial charge in [0.2, 0.25) is 11.8 Å². The van der Waals surface area contributed by atoms with Crippen LogP contribution in [-0.4, -0.2) is 44.1 Å². The zero-order valence-corrected chi connectivity index (χ0v) is 12.8. The van der Waals surface area contributed by atoms with Crippen molar-refractivity contribution >= 4 is 11.8 Å². The highest BCUT2D eigenvalue weighted by atomic mass is 16.2. The lowest BCUT2D eigenvalue weighted by atomic mass is 10.1. The van der Waals surface area contributed by atoms with Gasteiger partial charge in [-0.1, -0.05) is 0 Å². The van der Waals surface area contributed by atoms with E-state index in [1.54, 1.807) is 0 Å². The normalized spacial score (nSPS) is 27.7. The Hall–Kier alpha value is -1.92. The highest BCUT2D eigenvalue weighted by Gasteiger charge is 2.35. The lowest BCUT2D eigenvalue weighted by molar-refractivity contribution is -0.135.